The van der Waals surface area contributed by atoms with E-state index in [9.17, 15) is 14.7 Å². The van der Waals surface area contributed by atoms with Crippen molar-refractivity contribution in [2.24, 2.45) is 0 Å². The number of hydrogen-bond donors (Lipinski definition) is 3. The summed E-state index contributed by atoms with van der Waals surface area (Å²) >= 11 is 6.01. The number of benzene rings is 2. The summed E-state index contributed by atoms with van der Waals surface area (Å²) in [6, 6.07) is 15.2. The van der Waals surface area contributed by atoms with E-state index in [-0.39, 0.29) is 18.6 Å². The number of pyridine rings is 2. The van der Waals surface area contributed by atoms with Crippen molar-refractivity contribution < 1.29 is 14.6 Å². The molecule has 4 N–H and O–H groups in total. The third-order valence-electron chi connectivity index (χ3n) is 7.36. The van der Waals surface area contributed by atoms with E-state index in [1.165, 1.54) is 0 Å². The largest absolute Gasteiger partial charge is 0.458 e. The van der Waals surface area contributed by atoms with Gasteiger partial charge in [-0.3, -0.25) is 4.79 Å². The normalized spacial score (nSPS) is 17.8. The molecule has 2 aromatic heterocycles. The molecule has 8 nitrogen and oxygen atoms in total. The number of fused-ring (bicyclic) bond motifs is 5. The molecule has 0 bridgehead atoms. The number of esters is 1. The summed E-state index contributed by atoms with van der Waals surface area (Å²) in [5.41, 5.74) is 10.1. The first-order valence-electron chi connectivity index (χ1n) is 12.2. The van der Waals surface area contributed by atoms with Crippen LogP contribution in [0.2, 0.25) is 5.02 Å². The fraction of sp³-hybridized carbons (Fsp3) is 0.250. The highest BCUT2D eigenvalue weighted by Gasteiger charge is 2.45. The van der Waals surface area contributed by atoms with Crippen molar-refractivity contribution in [1.82, 2.24) is 9.55 Å². The van der Waals surface area contributed by atoms with Gasteiger partial charge in [0.2, 0.25) is 0 Å². The number of rotatable bonds is 5. The lowest BCUT2D eigenvalue weighted by atomic mass is 9.86. The molecule has 6 rings (SSSR count). The summed E-state index contributed by atoms with van der Waals surface area (Å²) in [5, 5.41) is 16.1. The smallest absolute Gasteiger partial charge is 0.343 e. The quantitative estimate of drug-likeness (QED) is 0.239. The Labute approximate surface area is 217 Å². The number of hydrogen-bond acceptors (Lipinski definition) is 7. The number of aliphatic hydroxyl groups is 1. The van der Waals surface area contributed by atoms with E-state index in [4.69, 9.17) is 27.1 Å². The average molecular weight is 517 g/mol. The molecule has 0 aliphatic carbocycles. The molecule has 37 heavy (non-hydrogen) atoms. The number of nitrogens with zero attached hydrogens (tertiary/aromatic N) is 2. The highest BCUT2D eigenvalue weighted by atomic mass is 35.5. The second-order valence-corrected chi connectivity index (χ2v) is 9.93. The van der Waals surface area contributed by atoms with Crippen molar-refractivity contribution in [3.63, 3.8) is 0 Å². The van der Waals surface area contributed by atoms with Gasteiger partial charge < -0.3 is 25.5 Å². The summed E-state index contributed by atoms with van der Waals surface area (Å²) in [4.78, 5) is 30.8. The SMILES string of the molecule is CC[C@@]1(O)C(=O)OCc2c1cc1n(c2=O)Cc2cc3cccc(NCCc4ccc(Cl)cc4N)c3nc2-1. The fourth-order valence-electron chi connectivity index (χ4n) is 5.28. The van der Waals surface area contributed by atoms with Crippen molar-refractivity contribution >= 4 is 39.8 Å². The van der Waals surface area contributed by atoms with Gasteiger partial charge in [0.05, 0.1) is 34.7 Å². The highest BCUT2D eigenvalue weighted by Crippen LogP contribution is 2.39. The highest BCUT2D eigenvalue weighted by molar-refractivity contribution is 6.30. The van der Waals surface area contributed by atoms with Gasteiger partial charge in [0.1, 0.15) is 6.61 Å². The van der Waals surface area contributed by atoms with Crippen LogP contribution in [0.5, 0.6) is 0 Å². The topological polar surface area (TPSA) is 119 Å². The van der Waals surface area contributed by atoms with Crippen molar-refractivity contribution in [3.05, 3.63) is 86.2 Å². The molecule has 188 valence electrons. The molecule has 0 saturated carbocycles. The van der Waals surface area contributed by atoms with Crippen LogP contribution in [0, 0.1) is 0 Å². The number of anilines is 2. The third-order valence-corrected chi connectivity index (χ3v) is 7.59. The number of para-hydroxylation sites is 1. The Hall–Kier alpha value is -3.88. The van der Waals surface area contributed by atoms with Crippen molar-refractivity contribution in [2.75, 3.05) is 17.6 Å². The van der Waals surface area contributed by atoms with E-state index in [2.05, 4.69) is 5.32 Å². The Kier molecular flexibility index (Phi) is 5.47. The van der Waals surface area contributed by atoms with Gasteiger partial charge in [-0.15, -0.1) is 0 Å². The minimum atomic E-state index is -1.85. The lowest BCUT2D eigenvalue weighted by Crippen LogP contribution is -2.44. The number of cyclic esters (lactones) is 1. The molecule has 0 spiro atoms. The Morgan fingerprint density at radius 3 is 2.84 bits per heavy atom. The molecule has 0 unspecified atom stereocenters. The number of nitrogens with one attached hydrogen (secondary N) is 1. The van der Waals surface area contributed by atoms with Gasteiger partial charge in [-0.2, -0.15) is 0 Å². The maximum absolute atomic E-state index is 13.4. The zero-order valence-corrected chi connectivity index (χ0v) is 20.9. The van der Waals surface area contributed by atoms with E-state index in [1.54, 1.807) is 23.6 Å². The van der Waals surface area contributed by atoms with Crippen molar-refractivity contribution in [2.45, 2.75) is 38.5 Å². The summed E-state index contributed by atoms with van der Waals surface area (Å²) in [6.07, 6.45) is 0.812. The zero-order chi connectivity index (χ0) is 25.9. The molecule has 2 aliphatic heterocycles. The summed E-state index contributed by atoms with van der Waals surface area (Å²) in [5.74, 6) is -0.732. The Morgan fingerprint density at radius 1 is 1.22 bits per heavy atom. The monoisotopic (exact) mass is 516 g/mol. The van der Waals surface area contributed by atoms with E-state index in [0.29, 0.717) is 52.7 Å². The van der Waals surface area contributed by atoms with Crippen LogP contribution in [0.3, 0.4) is 0 Å². The van der Waals surface area contributed by atoms with Gasteiger partial charge in [0, 0.05) is 33.8 Å². The summed E-state index contributed by atoms with van der Waals surface area (Å²) < 4.78 is 6.79. The summed E-state index contributed by atoms with van der Waals surface area (Å²) in [6.45, 7) is 2.55. The standard InChI is InChI=1S/C28H25ClN4O4/c1-2-28(36)20-12-23-25-17(13-33(23)26(34)19(20)14-37-27(28)35)10-16-4-3-5-22(24(16)32-25)31-9-8-15-6-7-18(29)11-21(15)30/h3-7,10-12,31,36H,2,8-9,13-14,30H2,1H3/t28-/m0/s1. The predicted octanol–water partition coefficient (Wildman–Crippen LogP) is 3.97. The second kappa shape index (κ2) is 8.61. The first-order chi connectivity index (χ1) is 17.8. The number of halogens is 1. The Balaban J connectivity index is 1.39. The molecule has 1 atom stereocenters. The Morgan fingerprint density at radius 2 is 2.05 bits per heavy atom. The predicted molar refractivity (Wildman–Crippen MR) is 143 cm³/mol. The number of aromatic nitrogens is 2. The van der Waals surface area contributed by atoms with Gasteiger partial charge in [-0.1, -0.05) is 36.7 Å². The minimum absolute atomic E-state index is 0.103. The van der Waals surface area contributed by atoms with Crippen LogP contribution < -0.4 is 16.6 Å². The van der Waals surface area contributed by atoms with Crippen LogP contribution in [0.1, 0.15) is 35.6 Å². The van der Waals surface area contributed by atoms with Crippen molar-refractivity contribution in [1.29, 1.82) is 0 Å². The molecule has 0 radical (unpaired) electrons. The average Bonchev–Trinajstić information content (AvgIpc) is 3.24. The number of carbonyl (C=O) groups is 1. The molecule has 4 heterocycles. The molecule has 0 fully saturated rings. The number of nitrogen functional groups attached to an aromatic ring is 1. The van der Waals surface area contributed by atoms with Crippen LogP contribution in [0.4, 0.5) is 11.4 Å². The van der Waals surface area contributed by atoms with Gasteiger partial charge in [0.15, 0.2) is 5.60 Å². The fourth-order valence-corrected chi connectivity index (χ4v) is 5.46. The van der Waals surface area contributed by atoms with Crippen molar-refractivity contribution in [3.8, 4) is 11.4 Å². The van der Waals surface area contributed by atoms with Gasteiger partial charge in [0.25, 0.3) is 5.56 Å². The molecule has 9 heteroatoms. The molecular formula is C28H25ClN4O4. The number of ether oxygens (including phenoxy) is 1. The van der Waals surface area contributed by atoms with E-state index in [0.717, 1.165) is 27.7 Å². The van der Waals surface area contributed by atoms with E-state index in [1.807, 2.05) is 36.4 Å². The van der Waals surface area contributed by atoms with Crippen LogP contribution in [0.25, 0.3) is 22.3 Å². The molecule has 2 aliphatic rings. The second-order valence-electron chi connectivity index (χ2n) is 9.50. The Bertz CT molecular complexity index is 1660. The third kappa shape index (κ3) is 3.67. The maximum Gasteiger partial charge on any atom is 0.343 e. The van der Waals surface area contributed by atoms with Crippen LogP contribution in [-0.4, -0.2) is 27.2 Å². The van der Waals surface area contributed by atoms with Crippen LogP contribution >= 0.6 is 11.6 Å². The van der Waals surface area contributed by atoms with Gasteiger partial charge >= 0.3 is 5.97 Å². The number of carbonyl (C=O) groups excluding carboxylic acids is 1. The lowest BCUT2D eigenvalue weighted by molar-refractivity contribution is -0.172. The summed E-state index contributed by atoms with van der Waals surface area (Å²) in [7, 11) is 0. The molecule has 0 saturated heterocycles. The number of nitrogens with two attached hydrogens (primary N) is 1. The molecule has 4 aromatic rings. The van der Waals surface area contributed by atoms with Gasteiger partial charge in [-0.05, 0) is 48.7 Å². The zero-order valence-electron chi connectivity index (χ0n) is 20.2. The van der Waals surface area contributed by atoms with Crippen LogP contribution in [0.15, 0.2) is 53.3 Å². The molecular weight excluding hydrogens is 492 g/mol. The molecule has 0 amide bonds. The van der Waals surface area contributed by atoms with Crippen LogP contribution in [-0.2, 0) is 34.7 Å². The van der Waals surface area contributed by atoms with E-state index < -0.39 is 11.6 Å². The lowest BCUT2D eigenvalue weighted by Gasteiger charge is -2.31. The maximum atomic E-state index is 13.4. The van der Waals surface area contributed by atoms with E-state index >= 15 is 0 Å². The molecule has 2 aromatic carbocycles. The van der Waals surface area contributed by atoms with Gasteiger partial charge in [-0.25, -0.2) is 9.78 Å². The first kappa shape index (κ1) is 23.5. The first-order valence-corrected chi connectivity index (χ1v) is 12.6. The minimum Gasteiger partial charge on any atom is -0.458 e.